The first-order valence-electron chi connectivity index (χ1n) is 5.86. The van der Waals surface area contributed by atoms with Crippen molar-refractivity contribution in [2.24, 2.45) is 0 Å². The second-order valence-electron chi connectivity index (χ2n) is 4.59. The van der Waals surface area contributed by atoms with Crippen LogP contribution in [-0.4, -0.2) is 44.6 Å². The van der Waals surface area contributed by atoms with E-state index in [1.54, 1.807) is 11.0 Å². The lowest BCUT2D eigenvalue weighted by Crippen LogP contribution is -2.49. The van der Waals surface area contributed by atoms with Gasteiger partial charge in [0.25, 0.3) is 5.91 Å². The topological polar surface area (TPSA) is 79.6 Å². The minimum absolute atomic E-state index is 0.152. The number of carbonyl (C=O) groups is 1. The summed E-state index contributed by atoms with van der Waals surface area (Å²) in [4.78, 5) is 13.9. The van der Waals surface area contributed by atoms with Gasteiger partial charge >= 0.3 is 0 Å². The first-order chi connectivity index (χ1) is 8.87. The third-order valence-electron chi connectivity index (χ3n) is 2.94. The number of halogens is 1. The molecule has 1 atom stereocenters. The number of carbonyl (C=O) groups excluding carboxylic acids is 1. The van der Waals surface area contributed by atoms with E-state index in [1.807, 2.05) is 0 Å². The molecule has 1 aliphatic rings. The molecule has 1 aromatic heterocycles. The number of furan rings is 1. The number of rotatable bonds is 3. The van der Waals surface area contributed by atoms with Gasteiger partial charge in [-0.1, -0.05) is 0 Å². The fraction of sp³-hybridized carbons (Fsp3) is 0.545. The molecule has 0 aliphatic carbocycles. The highest BCUT2D eigenvalue weighted by atomic mass is 79.9. The summed E-state index contributed by atoms with van der Waals surface area (Å²) in [6, 6.07) is 1.37. The molecule has 1 aromatic rings. The van der Waals surface area contributed by atoms with Gasteiger partial charge in [-0.2, -0.15) is 0 Å². The second-order valence-corrected chi connectivity index (χ2v) is 7.09. The van der Waals surface area contributed by atoms with Crippen LogP contribution in [0.5, 0.6) is 0 Å². The lowest BCUT2D eigenvalue weighted by Gasteiger charge is -2.32. The Kier molecular flexibility index (Phi) is 4.32. The summed E-state index contributed by atoms with van der Waals surface area (Å²) in [5, 5.41) is 0. The lowest BCUT2D eigenvalue weighted by molar-refractivity contribution is 0.0701. The van der Waals surface area contributed by atoms with Gasteiger partial charge in [-0.3, -0.25) is 4.79 Å². The first-order valence-corrected chi connectivity index (χ1v) is 8.55. The van der Waals surface area contributed by atoms with E-state index in [9.17, 15) is 13.2 Å². The standard InChI is InChI=1S/C11H15BrN2O4S/c1-19(16,17)13-8-3-2-5-14(7-8)11(15)9-4-6-18-10(9)12/h4,6,8,13H,2-3,5,7H2,1H3. The third-order valence-corrected chi connectivity index (χ3v) is 4.31. The predicted octanol–water partition coefficient (Wildman–Crippen LogP) is 1.20. The van der Waals surface area contributed by atoms with Crippen molar-refractivity contribution in [2.75, 3.05) is 19.3 Å². The number of likely N-dealkylation sites (tertiary alicyclic amines) is 1. The van der Waals surface area contributed by atoms with Gasteiger partial charge in [0, 0.05) is 19.1 Å². The lowest BCUT2D eigenvalue weighted by atomic mass is 10.1. The maximum absolute atomic E-state index is 12.3. The molecule has 19 heavy (non-hydrogen) atoms. The van der Waals surface area contributed by atoms with Crippen molar-refractivity contribution < 1.29 is 17.6 Å². The van der Waals surface area contributed by atoms with Crippen LogP contribution in [0.1, 0.15) is 23.2 Å². The number of nitrogens with zero attached hydrogens (tertiary/aromatic N) is 1. The molecule has 1 aliphatic heterocycles. The fourth-order valence-electron chi connectivity index (χ4n) is 2.18. The molecule has 1 N–H and O–H groups in total. The molecule has 8 heteroatoms. The van der Waals surface area contributed by atoms with Gasteiger partial charge in [-0.25, -0.2) is 13.1 Å². The Morgan fingerprint density at radius 3 is 2.89 bits per heavy atom. The Hall–Kier alpha value is -0.860. The Labute approximate surface area is 120 Å². The van der Waals surface area contributed by atoms with Gasteiger partial charge in [-0.15, -0.1) is 0 Å². The number of sulfonamides is 1. The van der Waals surface area contributed by atoms with Gasteiger partial charge in [0.15, 0.2) is 4.67 Å². The van der Waals surface area contributed by atoms with Crippen molar-refractivity contribution in [3.63, 3.8) is 0 Å². The van der Waals surface area contributed by atoms with Crippen molar-refractivity contribution in [1.82, 2.24) is 9.62 Å². The molecule has 0 bridgehead atoms. The number of hydrogen-bond acceptors (Lipinski definition) is 4. The average molecular weight is 351 g/mol. The summed E-state index contributed by atoms with van der Waals surface area (Å²) < 4.78 is 30.4. The first kappa shape index (κ1) is 14.5. The molecule has 106 valence electrons. The van der Waals surface area contributed by atoms with Crippen molar-refractivity contribution in [1.29, 1.82) is 0 Å². The van der Waals surface area contributed by atoms with E-state index in [2.05, 4.69) is 20.7 Å². The van der Waals surface area contributed by atoms with Crippen LogP contribution in [0.4, 0.5) is 0 Å². The highest BCUT2D eigenvalue weighted by Crippen LogP contribution is 2.21. The van der Waals surface area contributed by atoms with E-state index in [4.69, 9.17) is 4.42 Å². The smallest absolute Gasteiger partial charge is 0.258 e. The Morgan fingerprint density at radius 1 is 1.58 bits per heavy atom. The Bertz CT molecular complexity index is 569. The summed E-state index contributed by atoms with van der Waals surface area (Å²) in [5.74, 6) is -0.152. The molecule has 2 rings (SSSR count). The summed E-state index contributed by atoms with van der Waals surface area (Å²) in [7, 11) is -3.25. The van der Waals surface area contributed by atoms with Gasteiger partial charge in [0.05, 0.1) is 18.1 Å². The molecule has 0 saturated carbocycles. The van der Waals surface area contributed by atoms with Gasteiger partial charge in [0.1, 0.15) is 0 Å². The van der Waals surface area contributed by atoms with Gasteiger partial charge < -0.3 is 9.32 Å². The third kappa shape index (κ3) is 3.80. The maximum atomic E-state index is 12.3. The van der Waals surface area contributed by atoms with Crippen LogP contribution in [0, 0.1) is 0 Å². The molecule has 0 spiro atoms. The Balaban J connectivity index is 2.05. The van der Waals surface area contributed by atoms with E-state index in [1.165, 1.54) is 6.26 Å². The number of hydrogen-bond donors (Lipinski definition) is 1. The van der Waals surface area contributed by atoms with Crippen molar-refractivity contribution in [3.8, 4) is 0 Å². The number of amides is 1. The van der Waals surface area contributed by atoms with Crippen LogP contribution in [0.25, 0.3) is 0 Å². The molecule has 0 radical (unpaired) electrons. The van der Waals surface area contributed by atoms with E-state index >= 15 is 0 Å². The zero-order valence-electron chi connectivity index (χ0n) is 10.4. The monoisotopic (exact) mass is 350 g/mol. The van der Waals surface area contributed by atoms with E-state index < -0.39 is 10.0 Å². The van der Waals surface area contributed by atoms with Crippen LogP contribution < -0.4 is 4.72 Å². The average Bonchev–Trinajstić information content (AvgIpc) is 2.72. The quantitative estimate of drug-likeness (QED) is 0.887. The van der Waals surface area contributed by atoms with Crippen LogP contribution in [0.3, 0.4) is 0 Å². The molecular formula is C11H15BrN2O4S. The number of piperidine rings is 1. The van der Waals surface area contributed by atoms with Crippen LogP contribution in [0.15, 0.2) is 21.4 Å². The second kappa shape index (κ2) is 5.64. The van der Waals surface area contributed by atoms with Crippen LogP contribution in [-0.2, 0) is 10.0 Å². The molecule has 1 unspecified atom stereocenters. The summed E-state index contributed by atoms with van der Waals surface area (Å²) in [5.41, 5.74) is 0.458. The van der Waals surface area contributed by atoms with Gasteiger partial charge in [-0.05, 0) is 34.8 Å². The summed E-state index contributed by atoms with van der Waals surface area (Å²) >= 11 is 3.17. The highest BCUT2D eigenvalue weighted by Gasteiger charge is 2.27. The van der Waals surface area contributed by atoms with Crippen LogP contribution >= 0.6 is 15.9 Å². The minimum Gasteiger partial charge on any atom is -0.457 e. The SMILES string of the molecule is CS(=O)(=O)NC1CCCN(C(=O)c2ccoc2Br)C1. The zero-order chi connectivity index (χ0) is 14.0. The molecule has 6 nitrogen and oxygen atoms in total. The molecule has 1 fully saturated rings. The van der Waals surface area contributed by atoms with Crippen molar-refractivity contribution in [3.05, 3.63) is 22.6 Å². The summed E-state index contributed by atoms with van der Waals surface area (Å²) in [6.45, 7) is 1.00. The van der Waals surface area contributed by atoms with E-state index in [-0.39, 0.29) is 11.9 Å². The highest BCUT2D eigenvalue weighted by molar-refractivity contribution is 9.10. The normalized spacial score (nSPS) is 20.5. The molecular weight excluding hydrogens is 336 g/mol. The minimum atomic E-state index is -3.25. The zero-order valence-corrected chi connectivity index (χ0v) is 12.8. The van der Waals surface area contributed by atoms with E-state index in [0.717, 1.165) is 19.1 Å². The maximum Gasteiger partial charge on any atom is 0.258 e. The summed E-state index contributed by atoms with van der Waals surface area (Å²) in [6.07, 6.45) is 4.08. The predicted molar refractivity (Wildman–Crippen MR) is 73.3 cm³/mol. The Morgan fingerprint density at radius 2 is 2.32 bits per heavy atom. The molecule has 2 heterocycles. The number of nitrogens with one attached hydrogen (secondary N) is 1. The van der Waals surface area contributed by atoms with Crippen molar-refractivity contribution >= 4 is 31.9 Å². The largest absolute Gasteiger partial charge is 0.457 e. The fourth-order valence-corrected chi connectivity index (χ4v) is 3.38. The molecule has 1 saturated heterocycles. The molecule has 1 amide bonds. The van der Waals surface area contributed by atoms with Crippen molar-refractivity contribution in [2.45, 2.75) is 18.9 Å². The van der Waals surface area contributed by atoms with Gasteiger partial charge in [0.2, 0.25) is 10.0 Å². The van der Waals surface area contributed by atoms with E-state index in [0.29, 0.717) is 23.3 Å². The molecule has 0 aromatic carbocycles. The van der Waals surface area contributed by atoms with Crippen LogP contribution in [0.2, 0.25) is 0 Å².